The summed E-state index contributed by atoms with van der Waals surface area (Å²) in [5.41, 5.74) is 0.836. The van der Waals surface area contributed by atoms with Gasteiger partial charge in [-0.15, -0.1) is 0 Å². The molecule has 2 fully saturated rings. The van der Waals surface area contributed by atoms with Crippen LogP contribution in [0.15, 0.2) is 28.7 Å². The van der Waals surface area contributed by atoms with Gasteiger partial charge in [0, 0.05) is 36.3 Å². The van der Waals surface area contributed by atoms with Gasteiger partial charge in [0.1, 0.15) is 0 Å². The monoisotopic (exact) mass is 366 g/mol. The maximum Gasteiger partial charge on any atom is 0.227 e. The largest absolute Gasteiger partial charge is 0.376 e. The van der Waals surface area contributed by atoms with Crippen LogP contribution < -0.4 is 10.2 Å². The van der Waals surface area contributed by atoms with Gasteiger partial charge in [-0.05, 0) is 37.1 Å². The molecule has 0 spiro atoms. The van der Waals surface area contributed by atoms with Crippen molar-refractivity contribution in [2.24, 2.45) is 5.92 Å². The van der Waals surface area contributed by atoms with Gasteiger partial charge >= 0.3 is 0 Å². The van der Waals surface area contributed by atoms with Crippen molar-refractivity contribution in [3.63, 3.8) is 0 Å². The van der Waals surface area contributed by atoms with E-state index in [1.54, 1.807) is 4.90 Å². The normalized spacial score (nSPS) is 24.8. The van der Waals surface area contributed by atoms with Gasteiger partial charge in [0.05, 0.1) is 12.0 Å². The molecule has 2 aliphatic heterocycles. The zero-order valence-corrected chi connectivity index (χ0v) is 13.8. The van der Waals surface area contributed by atoms with E-state index in [9.17, 15) is 9.59 Å². The minimum atomic E-state index is -0.280. The van der Waals surface area contributed by atoms with E-state index in [0.29, 0.717) is 13.1 Å². The van der Waals surface area contributed by atoms with Gasteiger partial charge in [-0.25, -0.2) is 0 Å². The number of hydrogen-bond acceptors (Lipinski definition) is 3. The molecule has 0 aromatic heterocycles. The second-order valence-corrected chi connectivity index (χ2v) is 6.68. The molecule has 118 valence electrons. The fraction of sp³-hybridized carbons (Fsp3) is 0.500. The highest BCUT2D eigenvalue weighted by molar-refractivity contribution is 9.10. The van der Waals surface area contributed by atoms with Crippen LogP contribution in [0.1, 0.15) is 19.3 Å². The molecule has 2 saturated heterocycles. The molecule has 0 saturated carbocycles. The Kier molecular flexibility index (Phi) is 4.78. The van der Waals surface area contributed by atoms with Crippen LogP contribution in [-0.2, 0) is 14.3 Å². The summed E-state index contributed by atoms with van der Waals surface area (Å²) in [5.74, 6) is -0.333. The van der Waals surface area contributed by atoms with E-state index in [-0.39, 0.29) is 30.3 Å². The topological polar surface area (TPSA) is 58.6 Å². The average Bonchev–Trinajstić information content (AvgIpc) is 3.15. The fourth-order valence-corrected chi connectivity index (χ4v) is 3.18. The summed E-state index contributed by atoms with van der Waals surface area (Å²) >= 11 is 3.38. The lowest BCUT2D eigenvalue weighted by atomic mass is 10.1. The zero-order chi connectivity index (χ0) is 15.5. The molecule has 0 aliphatic carbocycles. The number of benzene rings is 1. The van der Waals surface area contributed by atoms with Crippen LogP contribution in [0, 0.1) is 5.92 Å². The number of hydrogen-bond donors (Lipinski definition) is 1. The number of nitrogens with one attached hydrogen (secondary N) is 1. The van der Waals surface area contributed by atoms with Gasteiger partial charge in [0.25, 0.3) is 0 Å². The van der Waals surface area contributed by atoms with Gasteiger partial charge in [0.15, 0.2) is 0 Å². The molecule has 0 radical (unpaired) electrons. The first-order valence-corrected chi connectivity index (χ1v) is 8.38. The molecule has 1 N–H and O–H groups in total. The number of carbonyl (C=O) groups is 2. The van der Waals surface area contributed by atoms with Crippen molar-refractivity contribution in [1.29, 1.82) is 0 Å². The predicted molar refractivity (Wildman–Crippen MR) is 86.6 cm³/mol. The third kappa shape index (κ3) is 3.50. The van der Waals surface area contributed by atoms with Crippen molar-refractivity contribution in [2.75, 3.05) is 24.6 Å². The summed E-state index contributed by atoms with van der Waals surface area (Å²) in [4.78, 5) is 26.1. The van der Waals surface area contributed by atoms with Gasteiger partial charge < -0.3 is 15.0 Å². The van der Waals surface area contributed by atoms with Gasteiger partial charge in [-0.2, -0.15) is 0 Å². The Labute approximate surface area is 138 Å². The van der Waals surface area contributed by atoms with E-state index in [4.69, 9.17) is 4.74 Å². The molecule has 1 aromatic carbocycles. The van der Waals surface area contributed by atoms with Crippen LogP contribution >= 0.6 is 15.9 Å². The maximum absolute atomic E-state index is 12.2. The third-order valence-corrected chi connectivity index (χ3v) is 4.69. The number of anilines is 1. The van der Waals surface area contributed by atoms with Crippen molar-refractivity contribution in [3.8, 4) is 0 Å². The third-order valence-electron chi connectivity index (χ3n) is 4.16. The molecular formula is C16H19BrN2O3. The minimum absolute atomic E-state index is 0.000381. The average molecular weight is 367 g/mol. The molecule has 22 heavy (non-hydrogen) atoms. The lowest BCUT2D eigenvalue weighted by Gasteiger charge is -2.17. The van der Waals surface area contributed by atoms with E-state index in [2.05, 4.69) is 21.2 Å². The van der Waals surface area contributed by atoms with Crippen LogP contribution in [0.2, 0.25) is 0 Å². The van der Waals surface area contributed by atoms with Gasteiger partial charge in [0.2, 0.25) is 11.8 Å². The SMILES string of the molecule is O=C(NCC1CCCO1)C1CC(=O)N(c2ccc(Br)cc2)C1. The van der Waals surface area contributed by atoms with E-state index in [1.807, 2.05) is 24.3 Å². The van der Waals surface area contributed by atoms with E-state index >= 15 is 0 Å². The van der Waals surface area contributed by atoms with Crippen LogP contribution in [0.25, 0.3) is 0 Å². The first-order valence-electron chi connectivity index (χ1n) is 7.59. The maximum atomic E-state index is 12.2. The second-order valence-electron chi connectivity index (χ2n) is 5.76. The first kappa shape index (κ1) is 15.5. The summed E-state index contributed by atoms with van der Waals surface area (Å²) < 4.78 is 6.46. The number of rotatable bonds is 4. The number of nitrogens with zero attached hydrogens (tertiary/aromatic N) is 1. The van der Waals surface area contributed by atoms with Gasteiger partial charge in [-0.1, -0.05) is 15.9 Å². The molecule has 6 heteroatoms. The number of carbonyl (C=O) groups excluding carboxylic acids is 2. The Morgan fingerprint density at radius 3 is 2.82 bits per heavy atom. The molecular weight excluding hydrogens is 348 g/mol. The molecule has 0 bridgehead atoms. The summed E-state index contributed by atoms with van der Waals surface area (Å²) in [6, 6.07) is 7.56. The van der Waals surface area contributed by atoms with Crippen molar-refractivity contribution in [1.82, 2.24) is 5.32 Å². The molecule has 2 amide bonds. The lowest BCUT2D eigenvalue weighted by molar-refractivity contribution is -0.126. The highest BCUT2D eigenvalue weighted by Gasteiger charge is 2.35. The minimum Gasteiger partial charge on any atom is -0.376 e. The number of ether oxygens (including phenoxy) is 1. The van der Waals surface area contributed by atoms with Crippen molar-refractivity contribution in [2.45, 2.75) is 25.4 Å². The summed E-state index contributed by atoms with van der Waals surface area (Å²) in [7, 11) is 0. The summed E-state index contributed by atoms with van der Waals surface area (Å²) in [6.07, 6.45) is 2.45. The predicted octanol–water partition coefficient (Wildman–Crippen LogP) is 2.10. The summed E-state index contributed by atoms with van der Waals surface area (Å²) in [6.45, 7) is 1.76. The van der Waals surface area contributed by atoms with Crippen LogP contribution in [-0.4, -0.2) is 37.6 Å². The highest BCUT2D eigenvalue weighted by atomic mass is 79.9. The van der Waals surface area contributed by atoms with Crippen LogP contribution in [0.3, 0.4) is 0 Å². The summed E-state index contributed by atoms with van der Waals surface area (Å²) in [5, 5.41) is 2.92. The lowest BCUT2D eigenvalue weighted by Crippen LogP contribution is -2.37. The Hall–Kier alpha value is -1.40. The Morgan fingerprint density at radius 2 is 2.14 bits per heavy atom. The zero-order valence-electron chi connectivity index (χ0n) is 12.3. The molecule has 2 aliphatic rings. The Balaban J connectivity index is 1.56. The number of amides is 2. The second kappa shape index (κ2) is 6.79. The smallest absolute Gasteiger partial charge is 0.227 e. The molecule has 2 unspecified atom stereocenters. The van der Waals surface area contributed by atoms with Crippen molar-refractivity contribution >= 4 is 33.4 Å². The van der Waals surface area contributed by atoms with Crippen molar-refractivity contribution < 1.29 is 14.3 Å². The quantitative estimate of drug-likeness (QED) is 0.887. The fourth-order valence-electron chi connectivity index (χ4n) is 2.92. The van der Waals surface area contributed by atoms with Crippen LogP contribution in [0.5, 0.6) is 0 Å². The van der Waals surface area contributed by atoms with Crippen molar-refractivity contribution in [3.05, 3.63) is 28.7 Å². The molecule has 3 rings (SSSR count). The molecule has 1 aromatic rings. The molecule has 2 atom stereocenters. The van der Waals surface area contributed by atoms with E-state index in [0.717, 1.165) is 29.6 Å². The first-order chi connectivity index (χ1) is 10.6. The number of halogens is 1. The van der Waals surface area contributed by atoms with Crippen LogP contribution in [0.4, 0.5) is 5.69 Å². The molecule has 5 nitrogen and oxygen atoms in total. The highest BCUT2D eigenvalue weighted by Crippen LogP contribution is 2.26. The molecule has 2 heterocycles. The Morgan fingerprint density at radius 1 is 1.36 bits per heavy atom. The van der Waals surface area contributed by atoms with Gasteiger partial charge in [-0.3, -0.25) is 9.59 Å². The Bertz CT molecular complexity index is 555. The van der Waals surface area contributed by atoms with E-state index in [1.165, 1.54) is 0 Å². The van der Waals surface area contributed by atoms with E-state index < -0.39 is 0 Å². The standard InChI is InChI=1S/C16H19BrN2O3/c17-12-3-5-13(6-4-12)19-10-11(8-15(19)20)16(21)18-9-14-2-1-7-22-14/h3-6,11,14H,1-2,7-10H2,(H,18,21).